The molecule has 0 bridgehead atoms. The molecule has 0 spiro atoms. The number of aliphatic carboxylic acids is 2. The van der Waals surface area contributed by atoms with E-state index in [4.69, 9.17) is 24.5 Å². The minimum atomic E-state index is -1.82. The first-order valence-corrected chi connectivity index (χ1v) is 9.63. The van der Waals surface area contributed by atoms with Crippen molar-refractivity contribution in [2.75, 3.05) is 19.7 Å². The lowest BCUT2D eigenvalue weighted by Crippen LogP contribution is -2.31. The van der Waals surface area contributed by atoms with Crippen LogP contribution in [0.25, 0.3) is 0 Å². The Balaban J connectivity index is 0.000000568. The lowest BCUT2D eigenvalue weighted by molar-refractivity contribution is -0.159. The highest BCUT2D eigenvalue weighted by atomic mass is 32.1. The first kappa shape index (κ1) is 23.8. The van der Waals surface area contributed by atoms with Crippen LogP contribution in [0.15, 0.2) is 23.6 Å². The maximum absolute atomic E-state index is 9.84. The highest BCUT2D eigenvalue weighted by Crippen LogP contribution is 2.09. The number of nitrogens with zero attached hydrogens (tertiary/aromatic N) is 2. The number of aliphatic hydroxyl groups excluding tert-OH is 1. The van der Waals surface area contributed by atoms with Crippen LogP contribution in [-0.4, -0.2) is 62.8 Å². The molecule has 2 aromatic heterocycles. The van der Waals surface area contributed by atoms with Crippen LogP contribution in [0.4, 0.5) is 0 Å². The summed E-state index contributed by atoms with van der Waals surface area (Å²) in [5, 5.41) is 34.3. The average Bonchev–Trinajstić information content (AvgIpc) is 3.24. The minimum absolute atomic E-state index is 0.363. The van der Waals surface area contributed by atoms with Crippen molar-refractivity contribution in [3.05, 3.63) is 39.8 Å². The Morgan fingerprint density at radius 3 is 2.57 bits per heavy atom. The molecular weight excluding hydrogens is 386 g/mol. The van der Waals surface area contributed by atoms with E-state index in [-0.39, 0.29) is 0 Å². The Morgan fingerprint density at radius 1 is 1.32 bits per heavy atom. The molecule has 0 radical (unpaired) electrons. The van der Waals surface area contributed by atoms with Gasteiger partial charge < -0.3 is 25.4 Å². The molecule has 0 amide bonds. The predicted octanol–water partition coefficient (Wildman–Crippen LogP) is 1.27. The van der Waals surface area contributed by atoms with Crippen molar-refractivity contribution in [2.24, 2.45) is 0 Å². The zero-order valence-electron chi connectivity index (χ0n) is 16.0. The number of rotatable bonds is 10. The van der Waals surface area contributed by atoms with Gasteiger partial charge in [0.1, 0.15) is 0 Å². The van der Waals surface area contributed by atoms with E-state index in [9.17, 15) is 5.11 Å². The largest absolute Gasteiger partial charge is 0.473 e. The molecule has 2 rings (SSSR count). The molecule has 9 nitrogen and oxygen atoms in total. The standard InChI is InChI=1S/C16H25N3O2S.C2H2O4/c1-13-9-14(2)19(18-13)7-4-6-17-10-15(20)11-21-12-16-5-3-8-22-16;3-1(4)2(5)6/h3,5,8-9,15,17,20H,4,6-7,10-12H2,1-2H3;(H,3,4)(H,5,6). The molecule has 156 valence electrons. The predicted molar refractivity (Wildman–Crippen MR) is 104 cm³/mol. The molecule has 10 heteroatoms. The van der Waals surface area contributed by atoms with Crippen LogP contribution in [-0.2, 0) is 27.5 Å². The van der Waals surface area contributed by atoms with Crippen LogP contribution in [0.2, 0.25) is 0 Å². The SMILES string of the molecule is Cc1cc(C)n(CCCNCC(O)COCc2cccs2)n1.O=C(O)C(=O)O. The first-order valence-electron chi connectivity index (χ1n) is 8.75. The lowest BCUT2D eigenvalue weighted by Gasteiger charge is -2.12. The van der Waals surface area contributed by atoms with Gasteiger partial charge in [0.05, 0.1) is 25.0 Å². The second kappa shape index (κ2) is 13.0. The summed E-state index contributed by atoms with van der Waals surface area (Å²) >= 11 is 1.67. The van der Waals surface area contributed by atoms with E-state index in [2.05, 4.69) is 23.4 Å². The molecule has 2 aromatic rings. The average molecular weight is 413 g/mol. The Morgan fingerprint density at radius 2 is 2.04 bits per heavy atom. The van der Waals surface area contributed by atoms with Gasteiger partial charge in [-0.1, -0.05) is 6.07 Å². The van der Waals surface area contributed by atoms with Crippen LogP contribution in [0.5, 0.6) is 0 Å². The quantitative estimate of drug-likeness (QED) is 0.338. The summed E-state index contributed by atoms with van der Waals surface area (Å²) in [4.78, 5) is 19.4. The summed E-state index contributed by atoms with van der Waals surface area (Å²) in [6.07, 6.45) is 0.527. The van der Waals surface area contributed by atoms with E-state index in [0.717, 1.165) is 25.2 Å². The third kappa shape index (κ3) is 10.2. The Bertz CT molecular complexity index is 705. The molecule has 0 saturated heterocycles. The van der Waals surface area contributed by atoms with Crippen LogP contribution in [0.3, 0.4) is 0 Å². The van der Waals surface area contributed by atoms with Crippen LogP contribution >= 0.6 is 11.3 Å². The number of aryl methyl sites for hydroxylation is 3. The van der Waals surface area contributed by atoms with Gasteiger partial charge in [0, 0.05) is 23.7 Å². The van der Waals surface area contributed by atoms with Gasteiger partial charge >= 0.3 is 11.9 Å². The van der Waals surface area contributed by atoms with Crippen LogP contribution in [0, 0.1) is 13.8 Å². The van der Waals surface area contributed by atoms with Gasteiger partial charge in [-0.25, -0.2) is 9.59 Å². The lowest BCUT2D eigenvalue weighted by atomic mass is 10.3. The number of carbonyl (C=O) groups is 2. The maximum Gasteiger partial charge on any atom is 0.414 e. The highest BCUT2D eigenvalue weighted by molar-refractivity contribution is 7.09. The van der Waals surface area contributed by atoms with E-state index in [1.54, 1.807) is 11.3 Å². The summed E-state index contributed by atoms with van der Waals surface area (Å²) in [5.41, 5.74) is 2.25. The fourth-order valence-electron chi connectivity index (χ4n) is 2.27. The number of aliphatic hydroxyl groups is 1. The van der Waals surface area contributed by atoms with Gasteiger partial charge in [-0.2, -0.15) is 5.10 Å². The third-order valence-electron chi connectivity index (χ3n) is 3.52. The summed E-state index contributed by atoms with van der Waals surface area (Å²) in [6.45, 7) is 7.34. The topological polar surface area (TPSA) is 134 Å². The second-order valence-electron chi connectivity index (χ2n) is 6.07. The van der Waals surface area contributed by atoms with Gasteiger partial charge in [-0.15, -0.1) is 11.3 Å². The molecule has 4 N–H and O–H groups in total. The number of carboxylic acids is 2. The summed E-state index contributed by atoms with van der Waals surface area (Å²) in [5.74, 6) is -3.65. The van der Waals surface area contributed by atoms with E-state index in [1.807, 2.05) is 29.1 Å². The summed E-state index contributed by atoms with van der Waals surface area (Å²) in [7, 11) is 0. The number of hydrogen-bond donors (Lipinski definition) is 4. The molecule has 28 heavy (non-hydrogen) atoms. The van der Waals surface area contributed by atoms with Gasteiger partial charge in [-0.3, -0.25) is 4.68 Å². The third-order valence-corrected chi connectivity index (χ3v) is 4.37. The van der Waals surface area contributed by atoms with Crippen LogP contribution < -0.4 is 5.32 Å². The van der Waals surface area contributed by atoms with Crippen molar-refractivity contribution in [1.82, 2.24) is 15.1 Å². The van der Waals surface area contributed by atoms with Crippen molar-refractivity contribution < 1.29 is 29.6 Å². The van der Waals surface area contributed by atoms with Gasteiger partial charge in [0.25, 0.3) is 0 Å². The van der Waals surface area contributed by atoms with Crippen molar-refractivity contribution in [2.45, 2.75) is 39.5 Å². The Labute approximate surface area is 167 Å². The number of thiophene rings is 1. The second-order valence-corrected chi connectivity index (χ2v) is 7.10. The summed E-state index contributed by atoms with van der Waals surface area (Å²) < 4.78 is 7.52. The molecule has 2 heterocycles. The van der Waals surface area contributed by atoms with E-state index in [0.29, 0.717) is 19.8 Å². The van der Waals surface area contributed by atoms with Crippen molar-refractivity contribution >= 4 is 23.3 Å². The van der Waals surface area contributed by atoms with Crippen molar-refractivity contribution in [3.8, 4) is 0 Å². The van der Waals surface area contributed by atoms with E-state index in [1.165, 1.54) is 10.6 Å². The van der Waals surface area contributed by atoms with Gasteiger partial charge in [0.2, 0.25) is 0 Å². The number of carboxylic acid groups (broad SMARTS) is 2. The summed E-state index contributed by atoms with van der Waals surface area (Å²) in [6, 6.07) is 6.13. The smallest absolute Gasteiger partial charge is 0.414 e. The fraction of sp³-hybridized carbons (Fsp3) is 0.500. The molecule has 1 unspecified atom stereocenters. The zero-order valence-corrected chi connectivity index (χ0v) is 16.8. The van der Waals surface area contributed by atoms with E-state index < -0.39 is 18.0 Å². The molecular formula is C18H27N3O6S. The van der Waals surface area contributed by atoms with Gasteiger partial charge in [0.15, 0.2) is 0 Å². The molecule has 0 saturated carbocycles. The molecule has 0 fully saturated rings. The molecule has 0 aliphatic carbocycles. The van der Waals surface area contributed by atoms with Gasteiger partial charge in [-0.05, 0) is 44.3 Å². The number of aromatic nitrogens is 2. The normalized spacial score (nSPS) is 11.5. The van der Waals surface area contributed by atoms with Crippen molar-refractivity contribution in [1.29, 1.82) is 0 Å². The zero-order chi connectivity index (χ0) is 20.9. The maximum atomic E-state index is 9.84. The minimum Gasteiger partial charge on any atom is -0.473 e. The number of hydrogen-bond acceptors (Lipinski definition) is 7. The number of nitrogens with one attached hydrogen (secondary N) is 1. The molecule has 1 atom stereocenters. The molecule has 0 aliphatic rings. The first-order chi connectivity index (χ1) is 13.3. The monoisotopic (exact) mass is 413 g/mol. The van der Waals surface area contributed by atoms with E-state index >= 15 is 0 Å². The Kier molecular flexibility index (Phi) is 11.0. The van der Waals surface area contributed by atoms with Crippen molar-refractivity contribution in [3.63, 3.8) is 0 Å². The Hall–Kier alpha value is -2.27. The molecule has 0 aliphatic heterocycles. The highest BCUT2D eigenvalue weighted by Gasteiger charge is 2.05. The molecule has 0 aromatic carbocycles. The number of ether oxygens (including phenoxy) is 1. The fourth-order valence-corrected chi connectivity index (χ4v) is 2.91. The van der Waals surface area contributed by atoms with Crippen LogP contribution in [0.1, 0.15) is 22.7 Å².